The summed E-state index contributed by atoms with van der Waals surface area (Å²) in [6.07, 6.45) is 5.62. The summed E-state index contributed by atoms with van der Waals surface area (Å²) in [5.74, 6) is 1.14. The van der Waals surface area contributed by atoms with E-state index in [4.69, 9.17) is 16.3 Å². The molecule has 0 fully saturated rings. The minimum Gasteiger partial charge on any atom is -0.477 e. The van der Waals surface area contributed by atoms with Crippen LogP contribution in [0, 0.1) is 6.92 Å². The van der Waals surface area contributed by atoms with Gasteiger partial charge in [-0.05, 0) is 62.3 Å². The Labute approximate surface area is 177 Å². The predicted molar refractivity (Wildman–Crippen MR) is 118 cm³/mol. The molecule has 0 unspecified atom stereocenters. The monoisotopic (exact) mass is 415 g/mol. The highest BCUT2D eigenvalue weighted by Gasteiger charge is 2.20. The molecule has 6 heteroatoms. The van der Waals surface area contributed by atoms with Gasteiger partial charge in [0.25, 0.3) is 0 Å². The molecule has 3 aromatic rings. The van der Waals surface area contributed by atoms with Crippen LogP contribution < -0.4 is 4.74 Å². The number of benzene rings is 1. The maximum atomic E-state index is 9.49. The lowest BCUT2D eigenvalue weighted by Gasteiger charge is -2.16. The number of aliphatic hydroxyl groups excluding tert-OH is 1. The first-order chi connectivity index (χ1) is 14.2. The van der Waals surface area contributed by atoms with E-state index in [0.717, 1.165) is 31.4 Å². The smallest absolute Gasteiger partial charge is 0.218 e. The Bertz CT molecular complexity index is 948. The normalized spacial score (nSPS) is 13.0. The molecule has 156 valence electrons. The van der Waals surface area contributed by atoms with Crippen molar-refractivity contribution in [2.24, 2.45) is 0 Å². The first-order valence-electron chi connectivity index (χ1n) is 10.5. The Morgan fingerprint density at radius 2 is 1.93 bits per heavy atom. The van der Waals surface area contributed by atoms with Crippen LogP contribution in [0.3, 0.4) is 0 Å². The van der Waals surface area contributed by atoms with Gasteiger partial charge in [-0.2, -0.15) is 4.98 Å². The summed E-state index contributed by atoms with van der Waals surface area (Å²) in [5, 5.41) is 11.2. The van der Waals surface area contributed by atoms with Crippen molar-refractivity contribution in [1.29, 1.82) is 0 Å². The van der Waals surface area contributed by atoms with Crippen LogP contribution in [-0.2, 0) is 26.0 Å². The van der Waals surface area contributed by atoms with Crippen LogP contribution in [-0.4, -0.2) is 26.2 Å². The van der Waals surface area contributed by atoms with Crippen molar-refractivity contribution in [3.8, 4) is 5.88 Å². The topological polar surface area (TPSA) is 60.2 Å². The molecule has 5 nitrogen and oxygen atoms in total. The van der Waals surface area contributed by atoms with Crippen molar-refractivity contribution in [2.45, 2.75) is 66.0 Å². The van der Waals surface area contributed by atoms with Gasteiger partial charge < -0.3 is 14.4 Å². The maximum absolute atomic E-state index is 9.49. The van der Waals surface area contributed by atoms with Crippen LogP contribution >= 0.6 is 11.6 Å². The first-order valence-corrected chi connectivity index (χ1v) is 10.9. The lowest BCUT2D eigenvalue weighted by Crippen LogP contribution is -2.11. The van der Waals surface area contributed by atoms with Crippen molar-refractivity contribution in [1.82, 2.24) is 14.5 Å². The van der Waals surface area contributed by atoms with Gasteiger partial charge in [0, 0.05) is 29.2 Å². The zero-order valence-corrected chi connectivity index (χ0v) is 18.3. The van der Waals surface area contributed by atoms with E-state index in [1.54, 1.807) is 13.0 Å². The van der Waals surface area contributed by atoms with Crippen LogP contribution in [0.5, 0.6) is 5.88 Å². The number of aliphatic hydroxyl groups is 1. The summed E-state index contributed by atoms with van der Waals surface area (Å²) in [6, 6.07) is 7.97. The van der Waals surface area contributed by atoms with Gasteiger partial charge in [-0.3, -0.25) is 0 Å². The molecule has 0 aliphatic heterocycles. The zero-order valence-electron chi connectivity index (χ0n) is 17.5. The fourth-order valence-corrected chi connectivity index (χ4v) is 4.23. The molecule has 0 amide bonds. The first kappa shape index (κ1) is 21.6. The highest BCUT2D eigenvalue weighted by Crippen LogP contribution is 2.33. The van der Waals surface area contributed by atoms with Crippen LogP contribution in [0.4, 0.5) is 0 Å². The lowest BCUT2D eigenvalue weighted by atomic mass is 9.95. The van der Waals surface area contributed by atoms with Gasteiger partial charge in [-0.1, -0.05) is 31.5 Å². The van der Waals surface area contributed by atoms with E-state index in [2.05, 4.69) is 26.7 Å². The fourth-order valence-electron chi connectivity index (χ4n) is 4.02. The number of ether oxygens (including phenoxy) is 1. The van der Waals surface area contributed by atoms with Crippen LogP contribution in [0.15, 0.2) is 24.3 Å². The van der Waals surface area contributed by atoms with Crippen molar-refractivity contribution >= 4 is 22.5 Å². The third-order valence-electron chi connectivity index (χ3n) is 5.18. The molecule has 0 bridgehead atoms. The number of rotatable bonds is 6. The number of hydrogen-bond acceptors (Lipinski definition) is 4. The van der Waals surface area contributed by atoms with Crippen LogP contribution in [0.1, 0.15) is 55.8 Å². The minimum absolute atomic E-state index is 0.0879. The van der Waals surface area contributed by atoms with E-state index >= 15 is 0 Å². The van der Waals surface area contributed by atoms with Gasteiger partial charge in [0.15, 0.2) is 0 Å². The third-order valence-corrected chi connectivity index (χ3v) is 5.38. The molecule has 0 radical (unpaired) electrons. The van der Waals surface area contributed by atoms with E-state index < -0.39 is 0 Å². The van der Waals surface area contributed by atoms with Gasteiger partial charge in [0.05, 0.1) is 13.2 Å². The molecule has 1 aliphatic carbocycles. The van der Waals surface area contributed by atoms with Crippen molar-refractivity contribution in [3.05, 3.63) is 52.1 Å². The second kappa shape index (κ2) is 10.1. The van der Waals surface area contributed by atoms with E-state index in [0.29, 0.717) is 23.5 Å². The van der Waals surface area contributed by atoms with Gasteiger partial charge >= 0.3 is 0 Å². The van der Waals surface area contributed by atoms with Crippen molar-refractivity contribution in [2.75, 3.05) is 6.61 Å². The van der Waals surface area contributed by atoms with Crippen LogP contribution in [0.2, 0.25) is 5.15 Å². The standard InChI is InChI=1S/C21H24ClN3O2.C2H6/c1-14-23-20(22)12-21(24-14)27-10-4-9-25-18-6-3-2-5-16(18)17-11-15(13-26)7-8-19(17)25;1-2/h7-8,11-12,26H,2-6,9-10,13H2,1H3;1-2H3. The Hall–Kier alpha value is -2.11. The van der Waals surface area contributed by atoms with Gasteiger partial charge in [-0.25, -0.2) is 4.98 Å². The summed E-state index contributed by atoms with van der Waals surface area (Å²) in [6.45, 7) is 7.38. The number of fused-ring (bicyclic) bond motifs is 3. The molecule has 29 heavy (non-hydrogen) atoms. The molecule has 2 aromatic heterocycles. The highest BCUT2D eigenvalue weighted by atomic mass is 35.5. The molecular formula is C23H30ClN3O2. The van der Waals surface area contributed by atoms with E-state index in [-0.39, 0.29) is 6.61 Å². The Morgan fingerprint density at radius 3 is 2.69 bits per heavy atom. The summed E-state index contributed by atoms with van der Waals surface area (Å²) in [5.41, 5.74) is 5.16. The molecule has 2 heterocycles. The highest BCUT2D eigenvalue weighted by molar-refractivity contribution is 6.29. The molecule has 1 aliphatic rings. The van der Waals surface area contributed by atoms with E-state index in [9.17, 15) is 5.11 Å². The van der Waals surface area contributed by atoms with Crippen LogP contribution in [0.25, 0.3) is 10.9 Å². The summed E-state index contributed by atoms with van der Waals surface area (Å²) >= 11 is 5.96. The Balaban J connectivity index is 0.00000117. The molecule has 0 spiro atoms. The summed E-state index contributed by atoms with van der Waals surface area (Å²) < 4.78 is 8.21. The number of nitrogens with zero attached hydrogens (tertiary/aromatic N) is 3. The molecule has 0 atom stereocenters. The average Bonchev–Trinajstić information content (AvgIpc) is 3.05. The largest absolute Gasteiger partial charge is 0.477 e. The van der Waals surface area contributed by atoms with E-state index in [1.165, 1.54) is 35.0 Å². The molecule has 0 saturated carbocycles. The maximum Gasteiger partial charge on any atom is 0.218 e. The van der Waals surface area contributed by atoms with Gasteiger partial charge in [-0.15, -0.1) is 0 Å². The number of aromatic nitrogens is 3. The third kappa shape index (κ3) is 4.90. The molecule has 0 saturated heterocycles. The van der Waals surface area contributed by atoms with Gasteiger partial charge in [0.2, 0.25) is 5.88 Å². The minimum atomic E-state index is 0.0879. The predicted octanol–water partition coefficient (Wildman–Crippen LogP) is 5.26. The average molecular weight is 416 g/mol. The number of aryl methyl sites for hydroxylation is 3. The molecule has 1 aromatic carbocycles. The fraction of sp³-hybridized carbons (Fsp3) is 0.478. The summed E-state index contributed by atoms with van der Waals surface area (Å²) in [4.78, 5) is 8.31. The lowest BCUT2D eigenvalue weighted by molar-refractivity contribution is 0.282. The molecular weight excluding hydrogens is 386 g/mol. The summed E-state index contributed by atoms with van der Waals surface area (Å²) in [7, 11) is 0. The molecule has 1 N–H and O–H groups in total. The van der Waals surface area contributed by atoms with Gasteiger partial charge in [0.1, 0.15) is 11.0 Å². The number of hydrogen-bond donors (Lipinski definition) is 1. The quantitative estimate of drug-likeness (QED) is 0.440. The second-order valence-corrected chi connectivity index (χ2v) is 7.46. The van der Waals surface area contributed by atoms with E-state index in [1.807, 2.05) is 19.9 Å². The van der Waals surface area contributed by atoms with Crippen molar-refractivity contribution < 1.29 is 9.84 Å². The zero-order chi connectivity index (χ0) is 20.8. The Morgan fingerprint density at radius 1 is 1.14 bits per heavy atom. The number of halogens is 1. The van der Waals surface area contributed by atoms with Crippen molar-refractivity contribution in [3.63, 3.8) is 0 Å². The second-order valence-electron chi connectivity index (χ2n) is 7.07. The Kier molecular flexibility index (Phi) is 7.51. The SMILES string of the molecule is CC.Cc1nc(Cl)cc(OCCCn2c3c(c4cc(CO)ccc42)CCCC3)n1. The molecule has 4 rings (SSSR count).